The van der Waals surface area contributed by atoms with E-state index in [0.29, 0.717) is 17.1 Å². The number of para-hydroxylation sites is 1. The van der Waals surface area contributed by atoms with Crippen LogP contribution in [-0.2, 0) is 9.84 Å². The SMILES string of the molecule is CCN1CC[P+](O)(c2ccc(Nc3nnc(Cl)c(Nc4ccccc4S(=O)(=O)C(C)C)n3)c(OC)c2)CC1. The van der Waals surface area contributed by atoms with Crippen molar-refractivity contribution in [2.75, 3.05) is 49.7 Å². The largest absolute Gasteiger partial charge is 0.494 e. The highest BCUT2D eigenvalue weighted by Gasteiger charge is 2.42. The van der Waals surface area contributed by atoms with Gasteiger partial charge in [0.1, 0.15) is 23.4 Å². The molecule has 3 N–H and O–H groups in total. The third kappa shape index (κ3) is 6.02. The van der Waals surface area contributed by atoms with Gasteiger partial charge in [-0.25, -0.2) is 13.3 Å². The summed E-state index contributed by atoms with van der Waals surface area (Å²) in [6.45, 7) is 8.13. The minimum absolute atomic E-state index is 0.0138. The summed E-state index contributed by atoms with van der Waals surface area (Å²) in [6.07, 6.45) is 1.51. The Balaban J connectivity index is 1.59. The number of hydrogen-bond acceptors (Lipinski definition) is 10. The van der Waals surface area contributed by atoms with Gasteiger partial charge in [-0.2, -0.15) is 4.98 Å². The normalized spacial score (nSPS) is 15.9. The number of nitrogens with zero attached hydrogens (tertiary/aromatic N) is 4. The lowest BCUT2D eigenvalue weighted by Crippen LogP contribution is -2.39. The van der Waals surface area contributed by atoms with Gasteiger partial charge in [-0.15, -0.1) is 10.2 Å². The number of sulfone groups is 1. The molecular formula is C25H33ClN6O4PS+. The van der Waals surface area contributed by atoms with E-state index < -0.39 is 22.6 Å². The number of hydrogen-bond donors (Lipinski definition) is 3. The summed E-state index contributed by atoms with van der Waals surface area (Å²) in [7, 11) is -4.25. The zero-order valence-corrected chi connectivity index (χ0v) is 24.3. The molecule has 0 bridgehead atoms. The molecule has 1 saturated heterocycles. The Kier molecular flexibility index (Phi) is 8.74. The summed E-state index contributed by atoms with van der Waals surface area (Å²) in [5.41, 5.74) is 0.927. The van der Waals surface area contributed by atoms with E-state index in [2.05, 4.69) is 37.6 Å². The molecule has 1 fully saturated rings. The van der Waals surface area contributed by atoms with E-state index in [1.807, 2.05) is 18.2 Å². The molecule has 3 aromatic rings. The van der Waals surface area contributed by atoms with Gasteiger partial charge in [0.15, 0.2) is 28.3 Å². The predicted molar refractivity (Wildman–Crippen MR) is 154 cm³/mol. The molecule has 0 aliphatic carbocycles. The highest BCUT2D eigenvalue weighted by Crippen LogP contribution is 2.55. The number of rotatable bonds is 9. The van der Waals surface area contributed by atoms with Crippen LogP contribution in [0.1, 0.15) is 20.8 Å². The number of aromatic nitrogens is 3. The summed E-state index contributed by atoms with van der Waals surface area (Å²) in [4.78, 5) is 18.3. The summed E-state index contributed by atoms with van der Waals surface area (Å²) in [5, 5.41) is 14.4. The molecule has 13 heteroatoms. The van der Waals surface area contributed by atoms with Crippen LogP contribution in [0, 0.1) is 0 Å². The van der Waals surface area contributed by atoms with Crippen LogP contribution in [0.2, 0.25) is 5.15 Å². The van der Waals surface area contributed by atoms with Gasteiger partial charge in [-0.1, -0.05) is 30.7 Å². The Labute approximate surface area is 229 Å². The van der Waals surface area contributed by atoms with Gasteiger partial charge in [0.2, 0.25) is 5.95 Å². The van der Waals surface area contributed by atoms with Gasteiger partial charge in [-0.3, -0.25) is 4.90 Å². The zero-order chi connectivity index (χ0) is 27.5. The Morgan fingerprint density at radius 2 is 1.82 bits per heavy atom. The highest BCUT2D eigenvalue weighted by atomic mass is 35.5. The van der Waals surface area contributed by atoms with Gasteiger partial charge in [0.05, 0.1) is 28.6 Å². The summed E-state index contributed by atoms with van der Waals surface area (Å²) in [5.74, 6) is 0.821. The third-order valence-electron chi connectivity index (χ3n) is 6.64. The fourth-order valence-electron chi connectivity index (χ4n) is 4.22. The van der Waals surface area contributed by atoms with Crippen molar-refractivity contribution in [1.82, 2.24) is 20.1 Å². The van der Waals surface area contributed by atoms with Crippen molar-refractivity contribution >= 4 is 57.4 Å². The van der Waals surface area contributed by atoms with Gasteiger partial charge >= 0.3 is 0 Å². The average molecular weight is 580 g/mol. The van der Waals surface area contributed by atoms with Crippen LogP contribution in [0.25, 0.3) is 0 Å². The molecule has 1 aromatic heterocycles. The van der Waals surface area contributed by atoms with E-state index in [-0.39, 0.29) is 21.8 Å². The molecule has 2 heterocycles. The summed E-state index contributed by atoms with van der Waals surface area (Å²) >= 11 is 6.25. The first-order valence-corrected chi connectivity index (χ1v) is 16.4. The lowest BCUT2D eigenvalue weighted by molar-refractivity contribution is 0.308. The lowest BCUT2D eigenvalue weighted by Gasteiger charge is -2.31. The van der Waals surface area contributed by atoms with E-state index >= 15 is 0 Å². The minimum Gasteiger partial charge on any atom is -0.494 e. The number of nitrogens with one attached hydrogen (secondary N) is 2. The Bertz CT molecular complexity index is 1400. The monoisotopic (exact) mass is 579 g/mol. The molecule has 10 nitrogen and oxygen atoms in total. The second-order valence-electron chi connectivity index (χ2n) is 9.30. The zero-order valence-electron chi connectivity index (χ0n) is 21.8. The van der Waals surface area contributed by atoms with Crippen molar-refractivity contribution in [2.24, 2.45) is 0 Å². The molecule has 0 saturated carbocycles. The first-order chi connectivity index (χ1) is 18.1. The number of benzene rings is 2. The second kappa shape index (κ2) is 11.7. The number of ether oxygens (including phenoxy) is 1. The van der Waals surface area contributed by atoms with Crippen LogP contribution < -0.4 is 20.7 Å². The van der Waals surface area contributed by atoms with Crippen molar-refractivity contribution in [3.05, 3.63) is 47.6 Å². The number of halogens is 1. The molecule has 2 aromatic carbocycles. The molecule has 0 amide bonds. The van der Waals surface area contributed by atoms with Crippen LogP contribution >= 0.6 is 19.1 Å². The van der Waals surface area contributed by atoms with E-state index in [9.17, 15) is 13.3 Å². The summed E-state index contributed by atoms with van der Waals surface area (Å²) in [6, 6.07) is 12.2. The van der Waals surface area contributed by atoms with Gasteiger partial charge in [-0.05, 0) is 44.7 Å². The van der Waals surface area contributed by atoms with Crippen molar-refractivity contribution in [2.45, 2.75) is 30.9 Å². The summed E-state index contributed by atoms with van der Waals surface area (Å²) < 4.78 is 31.3. The highest BCUT2D eigenvalue weighted by molar-refractivity contribution is 7.92. The van der Waals surface area contributed by atoms with Gasteiger partial charge in [0.25, 0.3) is 0 Å². The van der Waals surface area contributed by atoms with E-state index in [0.717, 1.165) is 37.3 Å². The Morgan fingerprint density at radius 1 is 1.11 bits per heavy atom. The van der Waals surface area contributed by atoms with E-state index in [4.69, 9.17) is 16.3 Å². The molecular weight excluding hydrogens is 547 g/mol. The van der Waals surface area contributed by atoms with Crippen LogP contribution in [-0.4, -0.2) is 77.7 Å². The second-order valence-corrected chi connectivity index (χ2v) is 15.4. The Morgan fingerprint density at radius 3 is 2.47 bits per heavy atom. The third-order valence-corrected chi connectivity index (χ3v) is 12.2. The van der Waals surface area contributed by atoms with Crippen LogP contribution in [0.3, 0.4) is 0 Å². The smallest absolute Gasteiger partial charge is 0.249 e. The fourth-order valence-corrected chi connectivity index (χ4v) is 8.23. The van der Waals surface area contributed by atoms with Crippen molar-refractivity contribution in [3.8, 4) is 5.75 Å². The quantitative estimate of drug-likeness (QED) is 0.319. The van der Waals surface area contributed by atoms with Crippen LogP contribution in [0.15, 0.2) is 47.4 Å². The fraction of sp³-hybridized carbons (Fsp3) is 0.400. The standard InChI is InChI=1S/C25H33ClN6O4PS/c1-5-32-12-14-37(33,15-13-32)18-10-11-19(21(16-18)36-4)28-25-29-24(23(26)30-31-25)27-20-8-6-7-9-22(20)38(34,35)17(2)3/h6-11,16-17,33H,5,12-15H2,1-4H3,(H2,27,28,29,31)/q+1. The van der Waals surface area contributed by atoms with Gasteiger partial charge in [0, 0.05) is 19.2 Å². The van der Waals surface area contributed by atoms with Crippen molar-refractivity contribution in [1.29, 1.82) is 0 Å². The molecule has 0 atom stereocenters. The Hall–Kier alpha value is -2.56. The minimum atomic E-state index is -3.55. The average Bonchev–Trinajstić information content (AvgIpc) is 2.91. The lowest BCUT2D eigenvalue weighted by atomic mass is 10.3. The van der Waals surface area contributed by atoms with Gasteiger partial charge < -0.3 is 15.4 Å². The molecule has 1 aliphatic rings. The molecule has 0 unspecified atom stereocenters. The predicted octanol–water partition coefficient (Wildman–Crippen LogP) is 4.09. The molecule has 1 aliphatic heterocycles. The maximum Gasteiger partial charge on any atom is 0.249 e. The molecule has 204 valence electrons. The molecule has 0 spiro atoms. The number of anilines is 4. The van der Waals surface area contributed by atoms with Crippen molar-refractivity contribution in [3.63, 3.8) is 0 Å². The number of methoxy groups -OCH3 is 1. The first-order valence-electron chi connectivity index (χ1n) is 12.4. The molecule has 38 heavy (non-hydrogen) atoms. The van der Waals surface area contributed by atoms with Crippen LogP contribution in [0.5, 0.6) is 5.75 Å². The van der Waals surface area contributed by atoms with E-state index in [1.165, 1.54) is 6.07 Å². The maximum absolute atomic E-state index is 12.8. The first kappa shape index (κ1) is 28.4. The molecule has 4 rings (SSSR count). The maximum atomic E-state index is 12.8. The van der Waals surface area contributed by atoms with E-state index in [1.54, 1.807) is 39.2 Å². The van der Waals surface area contributed by atoms with Crippen LogP contribution in [0.4, 0.5) is 23.1 Å². The molecule has 0 radical (unpaired) electrons. The van der Waals surface area contributed by atoms with Crippen molar-refractivity contribution < 1.29 is 18.0 Å². The topological polar surface area (TPSA) is 130 Å².